The molecule has 8 heteroatoms. The fourth-order valence-corrected chi connectivity index (χ4v) is 3.91. The minimum absolute atomic E-state index is 0. The number of benzene rings is 1. The number of hydrogen-bond donors (Lipinski definition) is 3. The van der Waals surface area contributed by atoms with Gasteiger partial charge in [0.25, 0.3) is 5.91 Å². The summed E-state index contributed by atoms with van der Waals surface area (Å²) in [4.78, 5) is 28.5. The lowest BCUT2D eigenvalue weighted by atomic mass is 10.00. The molecule has 1 heterocycles. The summed E-state index contributed by atoms with van der Waals surface area (Å²) >= 11 is 1.47. The van der Waals surface area contributed by atoms with E-state index in [2.05, 4.69) is 15.6 Å². The van der Waals surface area contributed by atoms with E-state index in [0.717, 1.165) is 30.0 Å². The summed E-state index contributed by atoms with van der Waals surface area (Å²) in [5.41, 5.74) is 7.45. The Hall–Kier alpha value is -1.96. The second-order valence-corrected chi connectivity index (χ2v) is 7.56. The van der Waals surface area contributed by atoms with E-state index in [0.29, 0.717) is 31.0 Å². The zero-order valence-corrected chi connectivity index (χ0v) is 16.7. The number of nitrogens with two attached hydrogens (primary N) is 1. The molecule has 0 bridgehead atoms. The topological polar surface area (TPSA) is 97.1 Å². The lowest BCUT2D eigenvalue weighted by molar-refractivity contribution is -0.122. The van der Waals surface area contributed by atoms with Gasteiger partial charge in [0, 0.05) is 23.4 Å². The molecule has 2 atom stereocenters. The number of thiazole rings is 1. The summed E-state index contributed by atoms with van der Waals surface area (Å²) in [6, 6.07) is 9.23. The van der Waals surface area contributed by atoms with Crippen LogP contribution in [0.4, 0.5) is 0 Å². The van der Waals surface area contributed by atoms with E-state index < -0.39 is 0 Å². The second kappa shape index (κ2) is 10.4. The van der Waals surface area contributed by atoms with Gasteiger partial charge in [0.1, 0.15) is 5.01 Å². The number of hydrogen-bond acceptors (Lipinski definition) is 5. The standard InChI is InChI=1S/C19H24N4O2S.ClH/c20-16-8-4-7-14(16)9-17(24)21-10-15-12-26-18(23-15)11-22-19(25)13-5-2-1-3-6-13;/h1-3,5-6,12,14,16H,4,7-11,20H2,(H,21,24)(H,22,25);1H/t14-,16+;/m0./s1. The number of rotatable bonds is 7. The molecule has 146 valence electrons. The van der Waals surface area contributed by atoms with Crippen molar-refractivity contribution in [3.63, 3.8) is 0 Å². The number of nitrogens with zero attached hydrogens (tertiary/aromatic N) is 1. The van der Waals surface area contributed by atoms with Gasteiger partial charge in [0.15, 0.2) is 0 Å². The van der Waals surface area contributed by atoms with Crippen molar-refractivity contribution >= 4 is 35.6 Å². The predicted octanol–water partition coefficient (Wildman–Crippen LogP) is 2.63. The number of carbonyl (C=O) groups excluding carboxylic acids is 2. The zero-order valence-electron chi connectivity index (χ0n) is 15.0. The summed E-state index contributed by atoms with van der Waals surface area (Å²) in [6.45, 7) is 0.785. The smallest absolute Gasteiger partial charge is 0.251 e. The lowest BCUT2D eigenvalue weighted by Gasteiger charge is -2.14. The van der Waals surface area contributed by atoms with Crippen LogP contribution in [0.2, 0.25) is 0 Å². The minimum atomic E-state index is -0.122. The molecule has 1 aliphatic rings. The Labute approximate surface area is 169 Å². The third kappa shape index (κ3) is 6.30. The van der Waals surface area contributed by atoms with Crippen LogP contribution in [0, 0.1) is 5.92 Å². The van der Waals surface area contributed by atoms with E-state index in [1.807, 2.05) is 23.6 Å². The number of nitrogens with one attached hydrogen (secondary N) is 2. The van der Waals surface area contributed by atoms with E-state index in [1.165, 1.54) is 11.3 Å². The van der Waals surface area contributed by atoms with Crippen molar-refractivity contribution < 1.29 is 9.59 Å². The Kier molecular flexibility index (Phi) is 8.22. The van der Waals surface area contributed by atoms with Crippen molar-refractivity contribution in [1.29, 1.82) is 0 Å². The molecule has 1 saturated carbocycles. The first-order valence-corrected chi connectivity index (χ1v) is 9.78. The molecule has 2 aromatic rings. The van der Waals surface area contributed by atoms with Gasteiger partial charge in [-0.1, -0.05) is 24.6 Å². The van der Waals surface area contributed by atoms with Gasteiger partial charge in [0.2, 0.25) is 5.91 Å². The van der Waals surface area contributed by atoms with Crippen LogP contribution in [0.25, 0.3) is 0 Å². The summed E-state index contributed by atoms with van der Waals surface area (Å²) < 4.78 is 0. The molecule has 1 aromatic heterocycles. The van der Waals surface area contributed by atoms with E-state index in [1.54, 1.807) is 12.1 Å². The number of carbonyl (C=O) groups is 2. The Morgan fingerprint density at radius 2 is 1.93 bits per heavy atom. The molecule has 27 heavy (non-hydrogen) atoms. The highest BCUT2D eigenvalue weighted by Crippen LogP contribution is 2.26. The largest absolute Gasteiger partial charge is 0.350 e. The van der Waals surface area contributed by atoms with Crippen LogP contribution in [-0.4, -0.2) is 22.8 Å². The van der Waals surface area contributed by atoms with Gasteiger partial charge >= 0.3 is 0 Å². The zero-order chi connectivity index (χ0) is 18.4. The Balaban J connectivity index is 0.00000261. The first kappa shape index (κ1) is 21.3. The lowest BCUT2D eigenvalue weighted by Crippen LogP contribution is -2.31. The molecule has 0 radical (unpaired) electrons. The third-order valence-corrected chi connectivity index (χ3v) is 5.57. The molecular weight excluding hydrogens is 384 g/mol. The SMILES string of the molecule is Cl.N[C@@H]1CCC[C@H]1CC(=O)NCc1csc(CNC(=O)c2ccccc2)n1. The number of aromatic nitrogens is 1. The van der Waals surface area contributed by atoms with Crippen molar-refractivity contribution in [2.45, 2.75) is 44.8 Å². The maximum absolute atomic E-state index is 12.0. The van der Waals surface area contributed by atoms with Crippen LogP contribution in [0.15, 0.2) is 35.7 Å². The molecule has 0 saturated heterocycles. The highest BCUT2D eigenvalue weighted by Gasteiger charge is 2.25. The second-order valence-electron chi connectivity index (χ2n) is 6.62. The highest BCUT2D eigenvalue weighted by atomic mass is 35.5. The Bertz CT molecular complexity index is 753. The Morgan fingerprint density at radius 1 is 1.15 bits per heavy atom. The first-order chi connectivity index (χ1) is 12.6. The third-order valence-electron chi connectivity index (χ3n) is 4.67. The van der Waals surface area contributed by atoms with Gasteiger partial charge in [-0.15, -0.1) is 23.7 Å². The number of amides is 2. The van der Waals surface area contributed by atoms with Gasteiger partial charge in [-0.3, -0.25) is 9.59 Å². The fourth-order valence-electron chi connectivity index (χ4n) is 3.18. The first-order valence-electron chi connectivity index (χ1n) is 8.90. The summed E-state index contributed by atoms with van der Waals surface area (Å²) in [6.07, 6.45) is 3.66. The Morgan fingerprint density at radius 3 is 2.63 bits per heavy atom. The van der Waals surface area contributed by atoms with Crippen LogP contribution >= 0.6 is 23.7 Å². The highest BCUT2D eigenvalue weighted by molar-refractivity contribution is 7.09. The molecule has 6 nitrogen and oxygen atoms in total. The minimum Gasteiger partial charge on any atom is -0.350 e. The summed E-state index contributed by atoms with van der Waals surface area (Å²) in [7, 11) is 0. The van der Waals surface area contributed by atoms with E-state index >= 15 is 0 Å². The van der Waals surface area contributed by atoms with E-state index in [-0.39, 0.29) is 30.3 Å². The molecule has 2 amide bonds. The molecule has 1 aliphatic carbocycles. The molecule has 1 aromatic carbocycles. The molecule has 0 unspecified atom stereocenters. The van der Waals surface area contributed by atoms with Crippen LogP contribution in [0.1, 0.15) is 46.7 Å². The van der Waals surface area contributed by atoms with Gasteiger partial charge in [-0.25, -0.2) is 4.98 Å². The normalized spacial score (nSPS) is 18.6. The van der Waals surface area contributed by atoms with Crippen LogP contribution < -0.4 is 16.4 Å². The van der Waals surface area contributed by atoms with Gasteiger partial charge < -0.3 is 16.4 Å². The predicted molar refractivity (Wildman–Crippen MR) is 109 cm³/mol. The fraction of sp³-hybridized carbons (Fsp3) is 0.421. The molecule has 1 fully saturated rings. The van der Waals surface area contributed by atoms with Crippen molar-refractivity contribution in [2.24, 2.45) is 11.7 Å². The van der Waals surface area contributed by atoms with Crippen molar-refractivity contribution in [3.05, 3.63) is 52.0 Å². The van der Waals surface area contributed by atoms with Crippen LogP contribution in [0.3, 0.4) is 0 Å². The van der Waals surface area contributed by atoms with Crippen molar-refractivity contribution in [3.8, 4) is 0 Å². The van der Waals surface area contributed by atoms with E-state index in [9.17, 15) is 9.59 Å². The van der Waals surface area contributed by atoms with Crippen LogP contribution in [0.5, 0.6) is 0 Å². The summed E-state index contributed by atoms with van der Waals surface area (Å²) in [5.74, 6) is 0.206. The van der Waals surface area contributed by atoms with Crippen LogP contribution in [-0.2, 0) is 17.9 Å². The average Bonchev–Trinajstić information content (AvgIpc) is 3.28. The maximum atomic E-state index is 12.0. The summed E-state index contributed by atoms with van der Waals surface area (Å²) in [5, 5.41) is 8.49. The average molecular weight is 409 g/mol. The molecule has 3 rings (SSSR count). The molecular formula is C19H25ClN4O2S. The van der Waals surface area contributed by atoms with Crippen molar-refractivity contribution in [2.75, 3.05) is 0 Å². The monoisotopic (exact) mass is 408 g/mol. The maximum Gasteiger partial charge on any atom is 0.251 e. The van der Waals surface area contributed by atoms with E-state index in [4.69, 9.17) is 5.73 Å². The van der Waals surface area contributed by atoms with Gasteiger partial charge in [0.05, 0.1) is 18.8 Å². The quantitative estimate of drug-likeness (QED) is 0.656. The number of halogens is 1. The van der Waals surface area contributed by atoms with Gasteiger partial charge in [-0.05, 0) is 30.9 Å². The van der Waals surface area contributed by atoms with Crippen molar-refractivity contribution in [1.82, 2.24) is 15.6 Å². The molecule has 0 spiro atoms. The molecule has 0 aliphatic heterocycles. The van der Waals surface area contributed by atoms with Gasteiger partial charge in [-0.2, -0.15) is 0 Å². The molecule has 4 N–H and O–H groups in total.